The van der Waals surface area contributed by atoms with Crippen LogP contribution in [-0.2, 0) is 21.3 Å². The van der Waals surface area contributed by atoms with Gasteiger partial charge in [0.2, 0.25) is 10.0 Å². The Bertz CT molecular complexity index is 572. The lowest BCUT2D eigenvalue weighted by molar-refractivity contribution is 0.115. The molecular formula is C14H22N2O3S. The number of benzene rings is 1. The summed E-state index contributed by atoms with van der Waals surface area (Å²) in [5.41, 5.74) is 1.83. The van der Waals surface area contributed by atoms with Crippen LogP contribution in [0.5, 0.6) is 0 Å². The molecule has 0 bridgehead atoms. The zero-order chi connectivity index (χ0) is 14.8. The number of ether oxygens (including phenoxy) is 1. The average molecular weight is 298 g/mol. The molecule has 6 heteroatoms. The third kappa shape index (κ3) is 2.88. The van der Waals surface area contributed by atoms with Crippen molar-refractivity contribution in [2.75, 3.05) is 27.2 Å². The van der Waals surface area contributed by atoms with Crippen molar-refractivity contribution in [2.45, 2.75) is 30.9 Å². The standard InChI is InChI=1S/C14H22N2O3S/c1-11-12(9-15-2)5-4-6-14(11)20(17,18)16-8-7-13(10-16)19-3/h4-6,13,15H,7-10H2,1-3H3. The van der Waals surface area contributed by atoms with Gasteiger partial charge < -0.3 is 10.1 Å². The number of nitrogens with one attached hydrogen (secondary N) is 1. The van der Waals surface area contributed by atoms with Gasteiger partial charge in [-0.2, -0.15) is 4.31 Å². The molecule has 0 aromatic heterocycles. The van der Waals surface area contributed by atoms with E-state index in [-0.39, 0.29) is 6.10 Å². The van der Waals surface area contributed by atoms with E-state index in [1.807, 2.05) is 20.0 Å². The van der Waals surface area contributed by atoms with Gasteiger partial charge in [0.25, 0.3) is 0 Å². The Morgan fingerprint density at radius 3 is 2.80 bits per heavy atom. The van der Waals surface area contributed by atoms with Gasteiger partial charge in [0.05, 0.1) is 11.0 Å². The highest BCUT2D eigenvalue weighted by molar-refractivity contribution is 7.89. The maximum atomic E-state index is 12.7. The highest BCUT2D eigenvalue weighted by Crippen LogP contribution is 2.26. The molecule has 0 saturated carbocycles. The topological polar surface area (TPSA) is 58.6 Å². The van der Waals surface area contributed by atoms with Crippen LogP contribution in [-0.4, -0.2) is 46.1 Å². The van der Waals surface area contributed by atoms with Crippen molar-refractivity contribution in [3.05, 3.63) is 29.3 Å². The maximum absolute atomic E-state index is 12.7. The fourth-order valence-corrected chi connectivity index (χ4v) is 4.32. The third-order valence-corrected chi connectivity index (χ3v) is 5.83. The van der Waals surface area contributed by atoms with Crippen LogP contribution in [0.1, 0.15) is 17.5 Å². The van der Waals surface area contributed by atoms with Gasteiger partial charge in [0.1, 0.15) is 0 Å². The summed E-state index contributed by atoms with van der Waals surface area (Å²) in [4.78, 5) is 0.405. The zero-order valence-corrected chi connectivity index (χ0v) is 13.0. The van der Waals surface area contributed by atoms with E-state index >= 15 is 0 Å². The summed E-state index contributed by atoms with van der Waals surface area (Å²) in [6, 6.07) is 5.44. The van der Waals surface area contributed by atoms with E-state index in [4.69, 9.17) is 4.74 Å². The molecule has 20 heavy (non-hydrogen) atoms. The van der Waals surface area contributed by atoms with E-state index in [1.165, 1.54) is 4.31 Å². The number of sulfonamides is 1. The molecule has 0 aliphatic carbocycles. The van der Waals surface area contributed by atoms with E-state index in [0.717, 1.165) is 17.5 Å². The predicted molar refractivity (Wildman–Crippen MR) is 78.1 cm³/mol. The van der Waals surface area contributed by atoms with E-state index in [1.54, 1.807) is 19.2 Å². The van der Waals surface area contributed by atoms with Gasteiger partial charge in [-0.15, -0.1) is 0 Å². The van der Waals surface area contributed by atoms with E-state index in [0.29, 0.717) is 24.5 Å². The lowest BCUT2D eigenvalue weighted by Gasteiger charge is -2.19. The highest BCUT2D eigenvalue weighted by Gasteiger charge is 2.33. The smallest absolute Gasteiger partial charge is 0.243 e. The van der Waals surface area contributed by atoms with Crippen LogP contribution in [0.15, 0.2) is 23.1 Å². The van der Waals surface area contributed by atoms with Gasteiger partial charge >= 0.3 is 0 Å². The van der Waals surface area contributed by atoms with Crippen LogP contribution in [0.25, 0.3) is 0 Å². The molecule has 1 heterocycles. The molecule has 1 saturated heterocycles. The summed E-state index contributed by atoms with van der Waals surface area (Å²) < 4.78 is 32.2. The Labute approximate surface area is 121 Å². The molecule has 1 aliphatic rings. The summed E-state index contributed by atoms with van der Waals surface area (Å²) in [5, 5.41) is 3.06. The molecule has 1 atom stereocenters. The van der Waals surface area contributed by atoms with Gasteiger partial charge in [0.15, 0.2) is 0 Å². The average Bonchev–Trinajstić information content (AvgIpc) is 2.91. The molecule has 2 rings (SSSR count). The first-order valence-electron chi connectivity index (χ1n) is 6.76. The number of rotatable bonds is 5. The molecule has 112 valence electrons. The number of methoxy groups -OCH3 is 1. The molecule has 1 N–H and O–H groups in total. The van der Waals surface area contributed by atoms with Crippen molar-refractivity contribution in [1.82, 2.24) is 9.62 Å². The lowest BCUT2D eigenvalue weighted by Crippen LogP contribution is -2.30. The third-order valence-electron chi connectivity index (χ3n) is 3.82. The normalized spacial score (nSPS) is 20.4. The first-order valence-corrected chi connectivity index (χ1v) is 8.20. The van der Waals surface area contributed by atoms with E-state index in [2.05, 4.69) is 5.32 Å². The van der Waals surface area contributed by atoms with Gasteiger partial charge in [0, 0.05) is 26.7 Å². The van der Waals surface area contributed by atoms with Crippen LogP contribution < -0.4 is 5.32 Å². The van der Waals surface area contributed by atoms with Crippen LogP contribution >= 0.6 is 0 Å². The monoisotopic (exact) mass is 298 g/mol. The van der Waals surface area contributed by atoms with Crippen LogP contribution in [0.3, 0.4) is 0 Å². The van der Waals surface area contributed by atoms with Crippen molar-refractivity contribution in [1.29, 1.82) is 0 Å². The molecule has 1 aromatic rings. The van der Waals surface area contributed by atoms with Crippen molar-refractivity contribution in [3.8, 4) is 0 Å². The Hall–Kier alpha value is -0.950. The molecule has 1 unspecified atom stereocenters. The van der Waals surface area contributed by atoms with Crippen molar-refractivity contribution < 1.29 is 13.2 Å². The lowest BCUT2D eigenvalue weighted by atomic mass is 10.1. The molecule has 1 aliphatic heterocycles. The summed E-state index contributed by atoms with van der Waals surface area (Å²) in [5.74, 6) is 0. The second kappa shape index (κ2) is 6.22. The molecule has 0 amide bonds. The predicted octanol–water partition coefficient (Wildman–Crippen LogP) is 1.12. The van der Waals surface area contributed by atoms with Crippen LogP contribution in [0.2, 0.25) is 0 Å². The maximum Gasteiger partial charge on any atom is 0.243 e. The largest absolute Gasteiger partial charge is 0.380 e. The zero-order valence-electron chi connectivity index (χ0n) is 12.2. The first-order chi connectivity index (χ1) is 9.50. The second-order valence-corrected chi connectivity index (χ2v) is 6.99. The quantitative estimate of drug-likeness (QED) is 0.885. The van der Waals surface area contributed by atoms with E-state index in [9.17, 15) is 8.42 Å². The molecule has 0 spiro atoms. The van der Waals surface area contributed by atoms with Crippen molar-refractivity contribution in [2.24, 2.45) is 0 Å². The van der Waals surface area contributed by atoms with Crippen LogP contribution in [0.4, 0.5) is 0 Å². The van der Waals surface area contributed by atoms with Crippen molar-refractivity contribution >= 4 is 10.0 Å². The Kier molecular flexibility index (Phi) is 4.80. The molecular weight excluding hydrogens is 276 g/mol. The fourth-order valence-electron chi connectivity index (χ4n) is 2.57. The van der Waals surface area contributed by atoms with Gasteiger partial charge in [-0.25, -0.2) is 8.42 Å². The molecule has 1 fully saturated rings. The summed E-state index contributed by atoms with van der Waals surface area (Å²) in [6.45, 7) is 3.49. The Morgan fingerprint density at radius 1 is 1.45 bits per heavy atom. The van der Waals surface area contributed by atoms with Crippen molar-refractivity contribution in [3.63, 3.8) is 0 Å². The first kappa shape index (κ1) is 15.4. The summed E-state index contributed by atoms with van der Waals surface area (Å²) >= 11 is 0. The molecule has 5 nitrogen and oxygen atoms in total. The highest BCUT2D eigenvalue weighted by atomic mass is 32.2. The Morgan fingerprint density at radius 2 is 2.20 bits per heavy atom. The van der Waals surface area contributed by atoms with Gasteiger partial charge in [-0.05, 0) is 37.6 Å². The Balaban J connectivity index is 2.33. The molecule has 0 radical (unpaired) electrons. The number of nitrogens with zero attached hydrogens (tertiary/aromatic N) is 1. The van der Waals surface area contributed by atoms with Gasteiger partial charge in [-0.3, -0.25) is 0 Å². The second-order valence-electron chi connectivity index (χ2n) is 5.08. The SMILES string of the molecule is CNCc1cccc(S(=O)(=O)N2CCC(OC)C2)c1C. The van der Waals surface area contributed by atoms with Crippen LogP contribution in [0, 0.1) is 6.92 Å². The van der Waals surface area contributed by atoms with Gasteiger partial charge in [-0.1, -0.05) is 12.1 Å². The molecule has 1 aromatic carbocycles. The summed E-state index contributed by atoms with van der Waals surface area (Å²) in [6.07, 6.45) is 0.760. The minimum absolute atomic E-state index is 0.00516. The fraction of sp³-hybridized carbons (Fsp3) is 0.571. The minimum atomic E-state index is -3.43. The van der Waals surface area contributed by atoms with E-state index < -0.39 is 10.0 Å². The number of hydrogen-bond donors (Lipinski definition) is 1. The number of hydrogen-bond acceptors (Lipinski definition) is 4. The summed E-state index contributed by atoms with van der Waals surface area (Å²) in [7, 11) is 0.0484. The minimum Gasteiger partial charge on any atom is -0.380 e.